The number of tetrazole rings is 1. The second-order valence-electron chi connectivity index (χ2n) is 6.83. The van der Waals surface area contributed by atoms with E-state index >= 15 is 0 Å². The lowest BCUT2D eigenvalue weighted by Crippen LogP contribution is -2.19. The van der Waals surface area contributed by atoms with Crippen molar-refractivity contribution in [3.05, 3.63) is 65.7 Å². The average molecular weight is 390 g/mol. The maximum atomic E-state index is 12.3. The minimum absolute atomic E-state index is 0.202. The van der Waals surface area contributed by atoms with E-state index in [2.05, 4.69) is 39.8 Å². The zero-order valence-corrected chi connectivity index (χ0v) is 16.9. The van der Waals surface area contributed by atoms with Crippen LogP contribution in [0, 0.1) is 0 Å². The summed E-state index contributed by atoms with van der Waals surface area (Å²) in [6.45, 7) is 4.70. The van der Waals surface area contributed by atoms with Crippen molar-refractivity contribution in [1.29, 1.82) is 0 Å². The summed E-state index contributed by atoms with van der Waals surface area (Å²) in [6.07, 6.45) is 3.85. The Labute approximate surface area is 170 Å². The average Bonchev–Trinajstić information content (AvgIpc) is 3.22. The predicted molar refractivity (Wildman–Crippen MR) is 114 cm³/mol. The Kier molecular flexibility index (Phi) is 7.22. The van der Waals surface area contributed by atoms with Crippen molar-refractivity contribution in [2.75, 3.05) is 0 Å². The Morgan fingerprint density at radius 1 is 1.00 bits per heavy atom. The Bertz CT molecular complexity index is 939. The van der Waals surface area contributed by atoms with Gasteiger partial charge < -0.3 is 0 Å². The molecule has 0 aliphatic rings. The third-order valence-electron chi connectivity index (χ3n) is 4.42. The van der Waals surface area contributed by atoms with Crippen molar-refractivity contribution in [2.45, 2.75) is 46.1 Å². The number of carbonyl (C=O) groups excluding carboxylic acids is 1. The van der Waals surface area contributed by atoms with Gasteiger partial charge in [-0.2, -0.15) is 9.90 Å². The third kappa shape index (κ3) is 5.81. The van der Waals surface area contributed by atoms with Gasteiger partial charge in [0.1, 0.15) is 0 Å². The van der Waals surface area contributed by atoms with Crippen LogP contribution in [-0.2, 0) is 6.54 Å². The van der Waals surface area contributed by atoms with Crippen molar-refractivity contribution in [3.8, 4) is 11.4 Å². The summed E-state index contributed by atoms with van der Waals surface area (Å²) < 4.78 is 0. The van der Waals surface area contributed by atoms with Gasteiger partial charge in [-0.05, 0) is 35.8 Å². The predicted octanol–water partition coefficient (Wildman–Crippen LogP) is 4.07. The highest BCUT2D eigenvalue weighted by atomic mass is 16.2. The molecule has 0 aliphatic heterocycles. The van der Waals surface area contributed by atoms with E-state index in [9.17, 15) is 4.79 Å². The highest BCUT2D eigenvalue weighted by molar-refractivity contribution is 5.95. The molecule has 3 rings (SSSR count). The van der Waals surface area contributed by atoms with Gasteiger partial charge in [0.25, 0.3) is 5.91 Å². The van der Waals surface area contributed by atoms with Gasteiger partial charge in [-0.25, -0.2) is 5.43 Å². The second-order valence-corrected chi connectivity index (χ2v) is 6.83. The molecule has 0 unspecified atom stereocenters. The minimum atomic E-state index is -0.202. The first kappa shape index (κ1) is 20.4. The Hall–Kier alpha value is -3.35. The summed E-state index contributed by atoms with van der Waals surface area (Å²) in [5, 5.41) is 16.9. The minimum Gasteiger partial charge on any atom is -0.267 e. The van der Waals surface area contributed by atoms with Crippen LogP contribution < -0.4 is 5.43 Å². The number of hydrogen-bond acceptors (Lipinski definition) is 5. The molecule has 1 heterocycles. The molecule has 0 bridgehead atoms. The molecule has 0 atom stereocenters. The molecule has 0 fully saturated rings. The van der Waals surface area contributed by atoms with E-state index in [1.165, 1.54) is 0 Å². The van der Waals surface area contributed by atoms with Crippen LogP contribution >= 0.6 is 0 Å². The van der Waals surface area contributed by atoms with Crippen molar-refractivity contribution in [3.63, 3.8) is 0 Å². The molecule has 0 saturated carbocycles. The fraction of sp³-hybridized carbons (Fsp3) is 0.318. The molecule has 2 aromatic carbocycles. The molecular weight excluding hydrogens is 364 g/mol. The van der Waals surface area contributed by atoms with Crippen LogP contribution in [0.1, 0.15) is 55.5 Å². The van der Waals surface area contributed by atoms with Gasteiger partial charge in [-0.3, -0.25) is 4.79 Å². The number of nitrogens with one attached hydrogen (secondary N) is 1. The van der Waals surface area contributed by atoms with Gasteiger partial charge >= 0.3 is 0 Å². The normalized spacial score (nSPS) is 10.6. The number of amides is 1. The summed E-state index contributed by atoms with van der Waals surface area (Å²) in [5.41, 5.74) is 6.19. The van der Waals surface area contributed by atoms with Gasteiger partial charge in [0, 0.05) is 16.8 Å². The lowest BCUT2D eigenvalue weighted by atomic mass is 10.1. The van der Waals surface area contributed by atoms with E-state index in [1.54, 1.807) is 16.9 Å². The van der Waals surface area contributed by atoms with Gasteiger partial charge in [0.2, 0.25) is 5.82 Å². The van der Waals surface area contributed by atoms with Gasteiger partial charge in [-0.15, -0.1) is 10.2 Å². The number of rotatable bonds is 9. The molecule has 0 radical (unpaired) electrons. The summed E-state index contributed by atoms with van der Waals surface area (Å²) >= 11 is 0. The monoisotopic (exact) mass is 390 g/mol. The van der Waals surface area contributed by atoms with E-state index in [4.69, 9.17) is 0 Å². The first-order valence-corrected chi connectivity index (χ1v) is 9.97. The maximum Gasteiger partial charge on any atom is 0.271 e. The second kappa shape index (κ2) is 10.3. The van der Waals surface area contributed by atoms with Crippen LogP contribution in [0.5, 0.6) is 0 Å². The van der Waals surface area contributed by atoms with Crippen LogP contribution in [0.3, 0.4) is 0 Å². The fourth-order valence-corrected chi connectivity index (χ4v) is 2.95. The van der Waals surface area contributed by atoms with E-state index in [0.29, 0.717) is 17.9 Å². The molecule has 1 aromatic heterocycles. The van der Waals surface area contributed by atoms with Crippen LogP contribution in [0.25, 0.3) is 11.4 Å². The molecule has 1 amide bonds. The lowest BCUT2D eigenvalue weighted by molar-refractivity contribution is 0.0954. The highest BCUT2D eigenvalue weighted by Gasteiger charge is 2.08. The number of hydrazone groups is 1. The van der Waals surface area contributed by atoms with Crippen molar-refractivity contribution in [2.24, 2.45) is 5.10 Å². The molecule has 150 valence electrons. The molecular formula is C22H26N6O. The number of benzene rings is 2. The lowest BCUT2D eigenvalue weighted by Gasteiger charge is -2.06. The quantitative estimate of drug-likeness (QED) is 0.441. The number of nitrogens with zero attached hydrogens (tertiary/aromatic N) is 5. The van der Waals surface area contributed by atoms with Crippen molar-refractivity contribution >= 4 is 11.6 Å². The summed E-state index contributed by atoms with van der Waals surface area (Å²) in [4.78, 5) is 13.9. The third-order valence-corrected chi connectivity index (χ3v) is 4.42. The smallest absolute Gasteiger partial charge is 0.267 e. The zero-order chi connectivity index (χ0) is 20.5. The summed E-state index contributed by atoms with van der Waals surface area (Å²) in [5.74, 6) is 0.390. The highest BCUT2D eigenvalue weighted by Crippen LogP contribution is 2.12. The zero-order valence-electron chi connectivity index (χ0n) is 16.9. The molecule has 0 aliphatic carbocycles. The van der Waals surface area contributed by atoms with Crippen LogP contribution in [0.15, 0.2) is 59.7 Å². The number of carbonyl (C=O) groups is 1. The Morgan fingerprint density at radius 2 is 1.69 bits per heavy atom. The van der Waals surface area contributed by atoms with Crippen molar-refractivity contribution < 1.29 is 4.79 Å². The van der Waals surface area contributed by atoms with Gasteiger partial charge in [-0.1, -0.05) is 69.2 Å². The molecule has 7 heteroatoms. The molecule has 0 saturated heterocycles. The maximum absolute atomic E-state index is 12.3. The van der Waals surface area contributed by atoms with Crippen molar-refractivity contribution in [1.82, 2.24) is 25.6 Å². The fourth-order valence-electron chi connectivity index (χ4n) is 2.95. The standard InChI is InChI=1S/C22H26N6O/c1-3-8-20(9-4-2)23-25-22(29)19-14-12-17(13-15-19)16-28-26-21(24-27-28)18-10-6-5-7-11-18/h5-7,10-15H,3-4,8-9,16H2,1-2H3,(H,25,29). The molecule has 3 aromatic rings. The van der Waals surface area contributed by atoms with Crippen LogP contribution in [-0.4, -0.2) is 31.8 Å². The van der Waals surface area contributed by atoms with E-state index in [-0.39, 0.29) is 5.91 Å². The Balaban J connectivity index is 1.61. The largest absolute Gasteiger partial charge is 0.271 e. The first-order valence-electron chi connectivity index (χ1n) is 9.97. The first-order chi connectivity index (χ1) is 14.2. The SMILES string of the molecule is CCCC(CCC)=NNC(=O)c1ccc(Cn2nnc(-c3ccccc3)n2)cc1. The van der Waals surface area contributed by atoms with Crippen LogP contribution in [0.2, 0.25) is 0 Å². The van der Waals surface area contributed by atoms with Crippen LogP contribution in [0.4, 0.5) is 0 Å². The molecule has 7 nitrogen and oxygen atoms in total. The topological polar surface area (TPSA) is 85.1 Å². The summed E-state index contributed by atoms with van der Waals surface area (Å²) in [6, 6.07) is 17.1. The molecule has 1 N–H and O–H groups in total. The van der Waals surface area contributed by atoms with E-state index in [0.717, 1.165) is 42.5 Å². The molecule has 29 heavy (non-hydrogen) atoms. The number of aromatic nitrogens is 4. The molecule has 0 spiro atoms. The Morgan fingerprint density at radius 3 is 2.34 bits per heavy atom. The van der Waals surface area contributed by atoms with E-state index < -0.39 is 0 Å². The summed E-state index contributed by atoms with van der Waals surface area (Å²) in [7, 11) is 0. The van der Waals surface area contributed by atoms with Gasteiger partial charge in [0.15, 0.2) is 0 Å². The number of hydrogen-bond donors (Lipinski definition) is 1. The van der Waals surface area contributed by atoms with E-state index in [1.807, 2.05) is 42.5 Å². The van der Waals surface area contributed by atoms with Gasteiger partial charge in [0.05, 0.1) is 6.54 Å².